The average Bonchev–Trinajstić information content (AvgIpc) is 3.30. The number of nitrogen functional groups attached to an aromatic ring is 1. The number of aromatic nitrogens is 2. The highest BCUT2D eigenvalue weighted by molar-refractivity contribution is 7.94. The van der Waals surface area contributed by atoms with Gasteiger partial charge in [0.25, 0.3) is 15.8 Å². The highest BCUT2D eigenvalue weighted by Gasteiger charge is 2.26. The van der Waals surface area contributed by atoms with Gasteiger partial charge in [0.15, 0.2) is 5.75 Å². The zero-order valence-electron chi connectivity index (χ0n) is 20.7. The van der Waals surface area contributed by atoms with Gasteiger partial charge in [-0.15, -0.1) is 19.7 Å². The van der Waals surface area contributed by atoms with Gasteiger partial charge >= 0.3 is 5.97 Å². The van der Waals surface area contributed by atoms with Crippen molar-refractivity contribution in [2.24, 2.45) is 20.5 Å². The third kappa shape index (κ3) is 5.99. The van der Waals surface area contributed by atoms with Crippen LogP contribution in [0.4, 0.5) is 34.3 Å². The van der Waals surface area contributed by atoms with Crippen molar-refractivity contribution in [2.75, 3.05) is 5.73 Å². The molecule has 0 saturated heterocycles. The van der Waals surface area contributed by atoms with E-state index < -0.39 is 48.7 Å². The van der Waals surface area contributed by atoms with E-state index in [1.54, 1.807) is 0 Å². The molecule has 7 N–H and O–H groups in total. The van der Waals surface area contributed by atoms with Crippen LogP contribution < -0.4 is 5.73 Å². The molecular weight excluding hydrogens is 604 g/mol. The van der Waals surface area contributed by atoms with Crippen LogP contribution in [-0.2, 0) is 19.5 Å². The van der Waals surface area contributed by atoms with Crippen LogP contribution in [-0.4, -0.2) is 49.5 Å². The molecule has 42 heavy (non-hydrogen) atoms. The van der Waals surface area contributed by atoms with Crippen molar-refractivity contribution < 1.29 is 47.5 Å². The second-order valence-corrected chi connectivity index (χ2v) is 10.2. The van der Waals surface area contributed by atoms with Crippen LogP contribution in [0.15, 0.2) is 66.6 Å². The number of carboxylic acid groups (broad SMARTS) is 1. The second kappa shape index (κ2) is 11.8. The Morgan fingerprint density at radius 3 is 2.40 bits per heavy atom. The normalized spacial score (nSPS) is 12.1. The molecule has 0 aliphatic rings. The fourth-order valence-electron chi connectivity index (χ4n) is 3.61. The van der Waals surface area contributed by atoms with Gasteiger partial charge in [-0.2, -0.15) is 18.6 Å². The van der Waals surface area contributed by atoms with E-state index >= 15 is 0 Å². The number of carbonyl (C=O) groups is 1. The van der Waals surface area contributed by atoms with Crippen LogP contribution >= 0.6 is 12.0 Å². The molecule has 0 saturated carbocycles. The van der Waals surface area contributed by atoms with Crippen LogP contribution in [0, 0.1) is 17.0 Å². The monoisotopic (exact) mass is 620 g/mol. The Labute approximate surface area is 237 Å². The van der Waals surface area contributed by atoms with Gasteiger partial charge < -0.3 is 15.9 Å². The number of phenolic OH excluding ortho intramolecular Hbond substituents is 1. The molecule has 4 aromatic rings. The van der Waals surface area contributed by atoms with Crippen LogP contribution in [0.25, 0.3) is 10.8 Å². The number of azo groups is 2. The number of carboxylic acids is 1. The molecule has 0 fully saturated rings. The van der Waals surface area contributed by atoms with Crippen molar-refractivity contribution in [1.29, 1.82) is 0 Å². The van der Waals surface area contributed by atoms with Crippen LogP contribution in [0.3, 0.4) is 0 Å². The molecule has 0 unspecified atom stereocenters. The Hall–Kier alpha value is -5.06. The van der Waals surface area contributed by atoms with Gasteiger partial charge in [-0.05, 0) is 36.6 Å². The second-order valence-electron chi connectivity index (χ2n) is 8.03. The molecule has 0 aliphatic heterocycles. The fraction of sp³-hybridized carbons (Fsp3) is 0.0476. The number of aromatic carboxylic acids is 1. The molecule has 0 bridgehead atoms. The summed E-state index contributed by atoms with van der Waals surface area (Å²) >= 11 is 0.288. The van der Waals surface area contributed by atoms with Crippen LogP contribution in [0.2, 0.25) is 0 Å². The Bertz CT molecular complexity index is 1890. The third-order valence-corrected chi connectivity index (χ3v) is 6.95. The SMILES string of the molecule is Cc1[nH]nc(N=Nc2c(SOOO)cc3cc(S(=O)(=O)O)c(N=Nc4ccc([N+](=O)[O-])cc4)c(N)c3c2O)c1C(=O)O. The minimum absolute atomic E-state index is 0.0523. The predicted molar refractivity (Wildman–Crippen MR) is 142 cm³/mol. The number of fused-ring (bicyclic) bond motifs is 1. The number of aromatic amines is 1. The standard InChI is InChI=1S/C21H16N8O11S2/c1-8-14(21(31)32)20(27-23-8)28-25-17-12(41-40-39-35)6-9-7-13(42(36,37)38)18(16(22)15(9)19(17)30)26-24-10-2-4-11(5-3-10)29(33)34/h2-7,30,35H,22H2,1H3,(H,23,27)(H,31,32)(H,36,37,38). The van der Waals surface area contributed by atoms with E-state index in [1.165, 1.54) is 25.1 Å². The number of phenols is 1. The first-order chi connectivity index (χ1) is 19.8. The maximum absolute atomic E-state index is 12.2. The topological polar surface area (TPSA) is 298 Å². The zero-order chi connectivity index (χ0) is 30.8. The molecule has 1 heterocycles. The third-order valence-electron chi connectivity index (χ3n) is 5.46. The molecule has 4 rings (SSSR count). The van der Waals surface area contributed by atoms with E-state index in [0.717, 1.165) is 18.2 Å². The number of hydrogen-bond acceptors (Lipinski definition) is 16. The van der Waals surface area contributed by atoms with Gasteiger partial charge in [0.1, 0.15) is 21.8 Å². The lowest BCUT2D eigenvalue weighted by molar-refractivity contribution is -0.432. The lowest BCUT2D eigenvalue weighted by atomic mass is 10.1. The minimum atomic E-state index is -5.00. The first kappa shape index (κ1) is 29.9. The van der Waals surface area contributed by atoms with E-state index in [9.17, 15) is 38.1 Å². The number of non-ortho nitro benzene ring substituents is 1. The van der Waals surface area contributed by atoms with Crippen molar-refractivity contribution in [2.45, 2.75) is 16.7 Å². The molecule has 0 atom stereocenters. The summed E-state index contributed by atoms with van der Waals surface area (Å²) in [6.07, 6.45) is 0. The molecule has 3 aromatic carbocycles. The van der Waals surface area contributed by atoms with Crippen LogP contribution in [0.1, 0.15) is 16.1 Å². The molecule has 19 nitrogen and oxygen atoms in total. The summed E-state index contributed by atoms with van der Waals surface area (Å²) in [6.45, 7) is 1.43. The number of aryl methyl sites for hydroxylation is 1. The fourth-order valence-corrected chi connectivity index (χ4v) is 4.78. The lowest BCUT2D eigenvalue weighted by Gasteiger charge is -2.14. The Balaban J connectivity index is 1.94. The number of nitrogens with two attached hydrogens (primary N) is 1. The summed E-state index contributed by atoms with van der Waals surface area (Å²) in [4.78, 5) is 20.8. The first-order valence-corrected chi connectivity index (χ1v) is 13.1. The summed E-state index contributed by atoms with van der Waals surface area (Å²) in [7, 11) is -5.00. The van der Waals surface area contributed by atoms with Gasteiger partial charge in [0, 0.05) is 17.8 Å². The molecule has 218 valence electrons. The molecule has 21 heteroatoms. The number of hydrogen-bond donors (Lipinski definition) is 6. The van der Waals surface area contributed by atoms with E-state index in [0.29, 0.717) is 0 Å². The molecule has 0 radical (unpaired) electrons. The molecule has 0 spiro atoms. The van der Waals surface area contributed by atoms with Gasteiger partial charge in [-0.1, -0.05) is 5.04 Å². The van der Waals surface area contributed by atoms with Crippen molar-refractivity contribution in [1.82, 2.24) is 10.2 Å². The molecule has 0 aliphatic carbocycles. The largest absolute Gasteiger partial charge is 0.505 e. The highest BCUT2D eigenvalue weighted by atomic mass is 32.2. The Morgan fingerprint density at radius 2 is 1.81 bits per heavy atom. The van der Waals surface area contributed by atoms with Gasteiger partial charge in [0.05, 0.1) is 38.6 Å². The lowest BCUT2D eigenvalue weighted by Crippen LogP contribution is -2.02. The smallest absolute Gasteiger partial charge is 0.341 e. The van der Waals surface area contributed by atoms with E-state index in [1.807, 2.05) is 0 Å². The van der Waals surface area contributed by atoms with Gasteiger partial charge in [-0.25, -0.2) is 10.1 Å². The summed E-state index contributed by atoms with van der Waals surface area (Å²) in [6, 6.07) is 6.75. The van der Waals surface area contributed by atoms with Gasteiger partial charge in [-0.3, -0.25) is 19.8 Å². The number of anilines is 1. The quantitative estimate of drug-likeness (QED) is 0.0250. The van der Waals surface area contributed by atoms with Gasteiger partial charge in [0.2, 0.25) is 5.82 Å². The zero-order valence-corrected chi connectivity index (χ0v) is 22.3. The summed E-state index contributed by atoms with van der Waals surface area (Å²) < 4.78 is 38.7. The maximum atomic E-state index is 12.2. The molecule has 0 amide bonds. The van der Waals surface area contributed by atoms with Crippen molar-refractivity contribution in [3.8, 4) is 5.75 Å². The highest BCUT2D eigenvalue weighted by Crippen LogP contribution is 2.49. The average molecular weight is 621 g/mol. The van der Waals surface area contributed by atoms with Crippen molar-refractivity contribution >= 4 is 73.2 Å². The predicted octanol–water partition coefficient (Wildman–Crippen LogP) is 5.27. The van der Waals surface area contributed by atoms with Crippen molar-refractivity contribution in [3.05, 3.63) is 57.8 Å². The first-order valence-electron chi connectivity index (χ1n) is 10.9. The molecule has 1 aromatic heterocycles. The summed E-state index contributed by atoms with van der Waals surface area (Å²) in [5.74, 6) is -2.47. The van der Waals surface area contributed by atoms with E-state index in [4.69, 9.17) is 11.0 Å². The van der Waals surface area contributed by atoms with Crippen molar-refractivity contribution in [3.63, 3.8) is 0 Å². The summed E-state index contributed by atoms with van der Waals surface area (Å²) in [5, 5.41) is 64.7. The number of nitrogens with one attached hydrogen (secondary N) is 1. The molecular formula is C21H16N8O11S2. The number of H-pyrrole nitrogens is 1. The summed E-state index contributed by atoms with van der Waals surface area (Å²) in [5.41, 5.74) is 4.34. The Kier molecular flexibility index (Phi) is 8.41. The number of nitro benzene ring substituents is 1. The number of benzene rings is 3. The van der Waals surface area contributed by atoms with E-state index in [-0.39, 0.29) is 56.2 Å². The number of aromatic hydroxyl groups is 1. The van der Waals surface area contributed by atoms with E-state index in [2.05, 4.69) is 40.0 Å². The Morgan fingerprint density at radius 1 is 1.14 bits per heavy atom. The maximum Gasteiger partial charge on any atom is 0.341 e. The minimum Gasteiger partial charge on any atom is -0.505 e. The number of nitro groups is 1. The van der Waals surface area contributed by atoms with Crippen LogP contribution in [0.5, 0.6) is 5.75 Å². The number of nitrogens with zero attached hydrogens (tertiary/aromatic N) is 6. The number of rotatable bonds is 10.